The third-order valence-electron chi connectivity index (χ3n) is 1.98. The third kappa shape index (κ3) is 4.68. The number of furan rings is 1. The highest BCUT2D eigenvalue weighted by Crippen LogP contribution is 2.17. The minimum atomic E-state index is 0.383. The molecule has 80 valence electrons. The van der Waals surface area contributed by atoms with Crippen molar-refractivity contribution in [2.45, 2.75) is 33.7 Å². The molecule has 0 aliphatic heterocycles. The van der Waals surface area contributed by atoms with Gasteiger partial charge in [-0.2, -0.15) is 0 Å². The summed E-state index contributed by atoms with van der Waals surface area (Å²) in [6, 6.07) is 3.66. The number of hydrogen-bond acceptors (Lipinski definition) is 2. The molecule has 0 radical (unpaired) electrons. The SMILES string of the molecule is CC(C)(C)CCNCc1ccc(Cl)o1. The minimum Gasteiger partial charge on any atom is -0.448 e. The fourth-order valence-corrected chi connectivity index (χ4v) is 1.28. The fourth-order valence-electron chi connectivity index (χ4n) is 1.12. The summed E-state index contributed by atoms with van der Waals surface area (Å²) < 4.78 is 5.22. The molecule has 0 aliphatic rings. The van der Waals surface area contributed by atoms with Gasteiger partial charge in [-0.15, -0.1) is 0 Å². The average molecular weight is 216 g/mol. The molecule has 1 aromatic rings. The Balaban J connectivity index is 2.16. The molecule has 1 N–H and O–H groups in total. The highest BCUT2D eigenvalue weighted by atomic mass is 35.5. The van der Waals surface area contributed by atoms with Gasteiger partial charge in [0.05, 0.1) is 6.54 Å². The number of nitrogens with one attached hydrogen (secondary N) is 1. The molecule has 0 unspecified atom stereocenters. The van der Waals surface area contributed by atoms with Crippen molar-refractivity contribution >= 4 is 11.6 Å². The van der Waals surface area contributed by atoms with Gasteiger partial charge in [-0.05, 0) is 42.1 Å². The molecule has 3 heteroatoms. The van der Waals surface area contributed by atoms with E-state index in [1.165, 1.54) is 0 Å². The van der Waals surface area contributed by atoms with Crippen LogP contribution in [-0.2, 0) is 6.54 Å². The molecule has 0 aliphatic carbocycles. The van der Waals surface area contributed by atoms with Crippen molar-refractivity contribution < 1.29 is 4.42 Å². The summed E-state index contributed by atoms with van der Waals surface area (Å²) in [6.07, 6.45) is 1.15. The normalized spacial score (nSPS) is 12.0. The zero-order valence-electron chi connectivity index (χ0n) is 9.06. The summed E-state index contributed by atoms with van der Waals surface area (Å²) >= 11 is 5.65. The van der Waals surface area contributed by atoms with E-state index >= 15 is 0 Å². The molecule has 0 fully saturated rings. The second-order valence-electron chi connectivity index (χ2n) is 4.69. The Morgan fingerprint density at radius 1 is 1.36 bits per heavy atom. The van der Waals surface area contributed by atoms with E-state index in [4.69, 9.17) is 16.0 Å². The lowest BCUT2D eigenvalue weighted by atomic mass is 9.92. The molecule has 14 heavy (non-hydrogen) atoms. The highest BCUT2D eigenvalue weighted by molar-refractivity contribution is 6.28. The van der Waals surface area contributed by atoms with Crippen LogP contribution < -0.4 is 5.32 Å². The van der Waals surface area contributed by atoms with Gasteiger partial charge in [0, 0.05) is 0 Å². The zero-order chi connectivity index (χ0) is 10.6. The van der Waals surface area contributed by atoms with Gasteiger partial charge in [0.2, 0.25) is 0 Å². The van der Waals surface area contributed by atoms with Crippen LogP contribution in [-0.4, -0.2) is 6.54 Å². The Labute approximate surface area is 90.6 Å². The quantitative estimate of drug-likeness (QED) is 0.779. The van der Waals surface area contributed by atoms with Gasteiger partial charge < -0.3 is 9.73 Å². The second kappa shape index (κ2) is 4.85. The summed E-state index contributed by atoms with van der Waals surface area (Å²) in [7, 11) is 0. The summed E-state index contributed by atoms with van der Waals surface area (Å²) in [6.45, 7) is 8.46. The molecular formula is C11H18ClNO. The molecule has 0 spiro atoms. The van der Waals surface area contributed by atoms with Crippen LogP contribution in [0.1, 0.15) is 33.0 Å². The predicted molar refractivity (Wildman–Crippen MR) is 59.5 cm³/mol. The molecule has 1 aromatic heterocycles. The second-order valence-corrected chi connectivity index (χ2v) is 5.07. The lowest BCUT2D eigenvalue weighted by Crippen LogP contribution is -2.19. The van der Waals surface area contributed by atoms with Crippen LogP contribution in [0.3, 0.4) is 0 Å². The van der Waals surface area contributed by atoms with Gasteiger partial charge in [0.1, 0.15) is 5.76 Å². The van der Waals surface area contributed by atoms with Gasteiger partial charge in [-0.1, -0.05) is 20.8 Å². The third-order valence-corrected chi connectivity index (χ3v) is 2.18. The van der Waals surface area contributed by atoms with Crippen LogP contribution in [0.5, 0.6) is 0 Å². The molecule has 2 nitrogen and oxygen atoms in total. The van der Waals surface area contributed by atoms with Crippen LogP contribution in [0.15, 0.2) is 16.5 Å². The van der Waals surface area contributed by atoms with Crippen LogP contribution >= 0.6 is 11.6 Å². The molecule has 1 rings (SSSR count). The van der Waals surface area contributed by atoms with Crippen LogP contribution in [0, 0.1) is 5.41 Å². The van der Waals surface area contributed by atoms with E-state index in [1.807, 2.05) is 6.07 Å². The van der Waals surface area contributed by atoms with Crippen molar-refractivity contribution in [1.82, 2.24) is 5.32 Å². The van der Waals surface area contributed by atoms with E-state index in [1.54, 1.807) is 6.07 Å². The Morgan fingerprint density at radius 2 is 2.07 bits per heavy atom. The van der Waals surface area contributed by atoms with Gasteiger partial charge >= 0.3 is 0 Å². The van der Waals surface area contributed by atoms with Crippen molar-refractivity contribution in [2.24, 2.45) is 5.41 Å². The highest BCUT2D eigenvalue weighted by Gasteiger charge is 2.08. The molecule has 0 aromatic carbocycles. The zero-order valence-corrected chi connectivity index (χ0v) is 9.82. The smallest absolute Gasteiger partial charge is 0.193 e. The molecule has 0 bridgehead atoms. The van der Waals surface area contributed by atoms with Crippen molar-refractivity contribution in [3.05, 3.63) is 23.1 Å². The summed E-state index contributed by atoms with van der Waals surface area (Å²) in [5, 5.41) is 3.78. The van der Waals surface area contributed by atoms with Crippen LogP contribution in [0.2, 0.25) is 5.22 Å². The number of halogens is 1. The predicted octanol–water partition coefficient (Wildman–Crippen LogP) is 3.46. The first-order valence-electron chi connectivity index (χ1n) is 4.92. The number of rotatable bonds is 4. The molecule has 0 amide bonds. The number of hydrogen-bond donors (Lipinski definition) is 1. The summed E-state index contributed by atoms with van der Waals surface area (Å²) in [5.41, 5.74) is 0.383. The topological polar surface area (TPSA) is 25.2 Å². The average Bonchev–Trinajstić information content (AvgIpc) is 2.44. The van der Waals surface area contributed by atoms with E-state index in [2.05, 4.69) is 26.1 Å². The van der Waals surface area contributed by atoms with Crippen molar-refractivity contribution in [2.75, 3.05) is 6.54 Å². The maximum atomic E-state index is 5.65. The van der Waals surface area contributed by atoms with Crippen LogP contribution in [0.25, 0.3) is 0 Å². The molecule has 1 heterocycles. The largest absolute Gasteiger partial charge is 0.448 e. The summed E-state index contributed by atoms with van der Waals surface area (Å²) in [4.78, 5) is 0. The molecule has 0 saturated heterocycles. The Bertz CT molecular complexity index is 275. The minimum absolute atomic E-state index is 0.383. The van der Waals surface area contributed by atoms with E-state index in [-0.39, 0.29) is 0 Å². The van der Waals surface area contributed by atoms with E-state index in [9.17, 15) is 0 Å². The lowest BCUT2D eigenvalue weighted by Gasteiger charge is -2.17. The van der Waals surface area contributed by atoms with E-state index < -0.39 is 0 Å². The maximum Gasteiger partial charge on any atom is 0.193 e. The Hall–Kier alpha value is -0.470. The van der Waals surface area contributed by atoms with Crippen molar-refractivity contribution in [3.63, 3.8) is 0 Å². The summed E-state index contributed by atoms with van der Waals surface area (Å²) in [5.74, 6) is 0.893. The van der Waals surface area contributed by atoms with Gasteiger partial charge in [-0.25, -0.2) is 0 Å². The lowest BCUT2D eigenvalue weighted by molar-refractivity contribution is 0.361. The molecule has 0 saturated carbocycles. The van der Waals surface area contributed by atoms with E-state index in [0.717, 1.165) is 25.3 Å². The maximum absolute atomic E-state index is 5.65. The first-order chi connectivity index (χ1) is 6.47. The van der Waals surface area contributed by atoms with Gasteiger partial charge in [0.15, 0.2) is 5.22 Å². The fraction of sp³-hybridized carbons (Fsp3) is 0.636. The Morgan fingerprint density at radius 3 is 2.57 bits per heavy atom. The van der Waals surface area contributed by atoms with Gasteiger partial charge in [0.25, 0.3) is 0 Å². The van der Waals surface area contributed by atoms with Crippen LogP contribution in [0.4, 0.5) is 0 Å². The first-order valence-corrected chi connectivity index (χ1v) is 5.30. The van der Waals surface area contributed by atoms with Crippen molar-refractivity contribution in [1.29, 1.82) is 0 Å². The standard InChI is InChI=1S/C11H18ClNO/c1-11(2,3)6-7-13-8-9-4-5-10(12)14-9/h4-5,13H,6-8H2,1-3H3. The van der Waals surface area contributed by atoms with Crippen molar-refractivity contribution in [3.8, 4) is 0 Å². The molecule has 0 atom stereocenters. The van der Waals surface area contributed by atoms with Gasteiger partial charge in [-0.3, -0.25) is 0 Å². The molecular weight excluding hydrogens is 198 g/mol. The monoisotopic (exact) mass is 215 g/mol. The Kier molecular flexibility index (Phi) is 4.02. The van der Waals surface area contributed by atoms with E-state index in [0.29, 0.717) is 10.6 Å². The first kappa shape index (κ1) is 11.6.